The average molecular weight is 166 g/mol. The van der Waals surface area contributed by atoms with E-state index >= 15 is 0 Å². The Hall–Kier alpha value is -0.770. The Morgan fingerprint density at radius 2 is 1.75 bits per heavy atom. The fraction of sp³-hybridized carbons (Fsp3) is 0.727. The fourth-order valence-corrected chi connectivity index (χ4v) is 0.630. The highest BCUT2D eigenvalue weighted by Crippen LogP contribution is 1.99. The monoisotopic (exact) mass is 166 g/mol. The van der Waals surface area contributed by atoms with Gasteiger partial charge in [0.25, 0.3) is 0 Å². The molecule has 0 spiro atoms. The summed E-state index contributed by atoms with van der Waals surface area (Å²) >= 11 is 0. The second-order valence-electron chi connectivity index (χ2n) is 3.75. The van der Waals surface area contributed by atoms with Crippen molar-refractivity contribution in [3.8, 4) is 11.8 Å². The highest BCUT2D eigenvalue weighted by atomic mass is 16.1. The molecule has 0 heterocycles. The summed E-state index contributed by atoms with van der Waals surface area (Å²) in [5, 5.41) is 0. The van der Waals surface area contributed by atoms with Crippen LogP contribution in [0, 0.1) is 23.7 Å². The minimum absolute atomic E-state index is 0.123. The van der Waals surface area contributed by atoms with Crippen molar-refractivity contribution in [2.24, 2.45) is 11.8 Å². The van der Waals surface area contributed by atoms with E-state index < -0.39 is 0 Å². The second-order valence-corrected chi connectivity index (χ2v) is 3.75. The van der Waals surface area contributed by atoms with Crippen molar-refractivity contribution in [3.63, 3.8) is 0 Å². The third-order valence-corrected chi connectivity index (χ3v) is 1.54. The van der Waals surface area contributed by atoms with E-state index in [0.717, 1.165) is 6.42 Å². The summed E-state index contributed by atoms with van der Waals surface area (Å²) in [5.41, 5.74) is 0. The molecule has 0 radical (unpaired) electrons. The molecule has 1 nitrogen and oxygen atoms in total. The van der Waals surface area contributed by atoms with Crippen LogP contribution in [0.15, 0.2) is 0 Å². The van der Waals surface area contributed by atoms with Gasteiger partial charge in [-0.3, -0.25) is 4.79 Å². The molecule has 68 valence electrons. The maximum atomic E-state index is 11.1. The third kappa shape index (κ3) is 5.97. The van der Waals surface area contributed by atoms with Crippen LogP contribution in [0.5, 0.6) is 0 Å². The van der Waals surface area contributed by atoms with E-state index in [1.807, 2.05) is 13.8 Å². The van der Waals surface area contributed by atoms with Crippen LogP contribution < -0.4 is 0 Å². The lowest BCUT2D eigenvalue weighted by Crippen LogP contribution is -2.04. The highest BCUT2D eigenvalue weighted by molar-refractivity contribution is 5.82. The van der Waals surface area contributed by atoms with Gasteiger partial charge >= 0.3 is 0 Å². The van der Waals surface area contributed by atoms with Crippen LogP contribution in [0.3, 0.4) is 0 Å². The fourth-order valence-electron chi connectivity index (χ4n) is 0.630. The molecule has 0 rings (SSSR count). The Bertz CT molecular complexity index is 191. The first-order valence-electron chi connectivity index (χ1n) is 4.52. The Kier molecular flexibility index (Phi) is 5.45. The molecule has 0 saturated carbocycles. The number of hydrogen-bond acceptors (Lipinski definition) is 1. The number of carbonyl (C=O) groups excluding carboxylic acids is 1. The van der Waals surface area contributed by atoms with Crippen molar-refractivity contribution in [2.45, 2.75) is 40.5 Å². The highest BCUT2D eigenvalue weighted by Gasteiger charge is 2.03. The summed E-state index contributed by atoms with van der Waals surface area (Å²) in [4.78, 5) is 11.1. The van der Waals surface area contributed by atoms with E-state index in [9.17, 15) is 4.79 Å². The molecule has 0 fully saturated rings. The van der Waals surface area contributed by atoms with E-state index in [2.05, 4.69) is 25.7 Å². The summed E-state index contributed by atoms with van der Waals surface area (Å²) in [7, 11) is 0. The van der Waals surface area contributed by atoms with E-state index in [4.69, 9.17) is 0 Å². The molecule has 0 aromatic carbocycles. The smallest absolute Gasteiger partial charge is 0.147 e. The Labute approximate surface area is 75.5 Å². The van der Waals surface area contributed by atoms with Gasteiger partial charge in [-0.15, -0.1) is 5.92 Å². The molecule has 0 aliphatic carbocycles. The lowest BCUT2D eigenvalue weighted by molar-refractivity contribution is -0.120. The molecule has 12 heavy (non-hydrogen) atoms. The van der Waals surface area contributed by atoms with Gasteiger partial charge in [-0.1, -0.05) is 33.6 Å². The number of ketones is 1. The zero-order valence-corrected chi connectivity index (χ0v) is 8.48. The first kappa shape index (κ1) is 11.2. The van der Waals surface area contributed by atoms with Gasteiger partial charge in [-0.05, 0) is 5.92 Å². The Balaban J connectivity index is 3.64. The molecule has 0 saturated heterocycles. The van der Waals surface area contributed by atoms with E-state index in [1.165, 1.54) is 0 Å². The lowest BCUT2D eigenvalue weighted by Gasteiger charge is -1.97. The molecule has 0 aliphatic heterocycles. The van der Waals surface area contributed by atoms with Crippen LogP contribution in [0.2, 0.25) is 0 Å². The second kappa shape index (κ2) is 5.83. The number of rotatable bonds is 3. The summed E-state index contributed by atoms with van der Waals surface area (Å²) in [5.74, 6) is 6.87. The summed E-state index contributed by atoms with van der Waals surface area (Å²) in [6, 6.07) is 0. The number of hydrogen-bond donors (Lipinski definition) is 0. The summed E-state index contributed by atoms with van der Waals surface area (Å²) < 4.78 is 0. The molecule has 0 amide bonds. The van der Waals surface area contributed by atoms with Crippen LogP contribution in [-0.2, 0) is 4.79 Å². The molecule has 0 bridgehead atoms. The third-order valence-electron chi connectivity index (χ3n) is 1.54. The van der Waals surface area contributed by atoms with Crippen LogP contribution in [0.4, 0.5) is 0 Å². The molecule has 0 unspecified atom stereocenters. The Morgan fingerprint density at radius 3 is 2.17 bits per heavy atom. The van der Waals surface area contributed by atoms with Gasteiger partial charge in [0, 0.05) is 12.3 Å². The minimum atomic E-state index is 0.123. The van der Waals surface area contributed by atoms with Gasteiger partial charge < -0.3 is 0 Å². The van der Waals surface area contributed by atoms with Crippen molar-refractivity contribution >= 4 is 5.78 Å². The normalized spacial score (nSPS) is 9.83. The van der Waals surface area contributed by atoms with Crippen molar-refractivity contribution in [1.29, 1.82) is 0 Å². The molecule has 0 aromatic rings. The van der Waals surface area contributed by atoms with Gasteiger partial charge in [-0.2, -0.15) is 0 Å². The predicted molar refractivity (Wildman–Crippen MR) is 51.7 cm³/mol. The van der Waals surface area contributed by atoms with Crippen molar-refractivity contribution < 1.29 is 4.79 Å². The topological polar surface area (TPSA) is 17.1 Å². The molecule has 1 heteroatoms. The molecule has 0 aliphatic rings. The first-order valence-corrected chi connectivity index (χ1v) is 4.52. The zero-order chi connectivity index (χ0) is 9.56. The number of carbonyl (C=O) groups is 1. The maximum Gasteiger partial charge on any atom is 0.147 e. The quantitative estimate of drug-likeness (QED) is 0.589. The SMILES string of the molecule is CC(C)CC#CCC(=O)C(C)C. The first-order chi connectivity index (χ1) is 5.54. The van der Waals surface area contributed by atoms with Crippen LogP contribution in [-0.4, -0.2) is 5.78 Å². The van der Waals surface area contributed by atoms with Crippen molar-refractivity contribution in [1.82, 2.24) is 0 Å². The van der Waals surface area contributed by atoms with Gasteiger partial charge in [0.1, 0.15) is 5.78 Å². The van der Waals surface area contributed by atoms with Crippen molar-refractivity contribution in [3.05, 3.63) is 0 Å². The molecular formula is C11H18O. The molecule has 0 N–H and O–H groups in total. The van der Waals surface area contributed by atoms with E-state index in [-0.39, 0.29) is 11.7 Å². The molecule has 0 atom stereocenters. The van der Waals surface area contributed by atoms with Gasteiger partial charge in [0.15, 0.2) is 0 Å². The van der Waals surface area contributed by atoms with Crippen LogP contribution >= 0.6 is 0 Å². The predicted octanol–water partition coefficient (Wildman–Crippen LogP) is 2.65. The van der Waals surface area contributed by atoms with E-state index in [1.54, 1.807) is 0 Å². The Morgan fingerprint density at radius 1 is 1.17 bits per heavy atom. The number of Topliss-reactive ketones (excluding diaryl/α,β-unsaturated/α-hetero) is 1. The zero-order valence-electron chi connectivity index (χ0n) is 8.48. The standard InChI is InChI=1S/C11H18O/c1-9(2)7-5-6-8-11(12)10(3)4/h9-10H,7-8H2,1-4H3. The minimum Gasteiger partial charge on any atom is -0.298 e. The molecule has 0 aromatic heterocycles. The lowest BCUT2D eigenvalue weighted by atomic mass is 10.1. The average Bonchev–Trinajstić information content (AvgIpc) is 1.97. The van der Waals surface area contributed by atoms with Crippen LogP contribution in [0.1, 0.15) is 40.5 Å². The van der Waals surface area contributed by atoms with E-state index in [0.29, 0.717) is 12.3 Å². The molecular weight excluding hydrogens is 148 g/mol. The van der Waals surface area contributed by atoms with Gasteiger partial charge in [-0.25, -0.2) is 0 Å². The van der Waals surface area contributed by atoms with Crippen molar-refractivity contribution in [2.75, 3.05) is 0 Å². The maximum absolute atomic E-state index is 11.1. The largest absolute Gasteiger partial charge is 0.298 e. The van der Waals surface area contributed by atoms with Gasteiger partial charge in [0.05, 0.1) is 6.42 Å². The summed E-state index contributed by atoms with van der Waals surface area (Å²) in [6.07, 6.45) is 1.32. The van der Waals surface area contributed by atoms with Crippen LogP contribution in [0.25, 0.3) is 0 Å². The summed E-state index contributed by atoms with van der Waals surface area (Å²) in [6.45, 7) is 8.07. The van der Waals surface area contributed by atoms with Gasteiger partial charge in [0.2, 0.25) is 0 Å².